The molecule has 20 heavy (non-hydrogen) atoms. The molecule has 0 spiro atoms. The van der Waals surface area contributed by atoms with Crippen molar-refractivity contribution in [3.05, 3.63) is 18.2 Å². The zero-order valence-corrected chi connectivity index (χ0v) is 12.7. The molecule has 0 bridgehead atoms. The molecule has 0 radical (unpaired) electrons. The van der Waals surface area contributed by atoms with Crippen molar-refractivity contribution >= 4 is 32.8 Å². The van der Waals surface area contributed by atoms with Gasteiger partial charge in [-0.25, -0.2) is 13.1 Å². The van der Waals surface area contributed by atoms with Crippen molar-refractivity contribution < 1.29 is 13.5 Å². The third-order valence-electron chi connectivity index (χ3n) is 3.22. The Morgan fingerprint density at radius 1 is 1.40 bits per heavy atom. The largest absolute Gasteiger partial charge is 0.396 e. The molecule has 110 valence electrons. The van der Waals surface area contributed by atoms with Gasteiger partial charge in [-0.05, 0) is 24.5 Å². The van der Waals surface area contributed by atoms with Crippen molar-refractivity contribution in [2.45, 2.75) is 24.7 Å². The molecule has 0 aliphatic carbocycles. The quantitative estimate of drug-likeness (QED) is 0.819. The second-order valence-electron chi connectivity index (χ2n) is 4.53. The van der Waals surface area contributed by atoms with Gasteiger partial charge in [0.15, 0.2) is 0 Å². The summed E-state index contributed by atoms with van der Waals surface area (Å²) in [6.07, 6.45) is 1.40. The van der Waals surface area contributed by atoms with E-state index in [2.05, 4.69) is 13.4 Å². The molecule has 1 aromatic carbocycles. The third kappa shape index (κ3) is 3.32. The van der Waals surface area contributed by atoms with Gasteiger partial charge in [0.05, 0.1) is 11.4 Å². The van der Waals surface area contributed by atoms with E-state index in [9.17, 15) is 8.42 Å². The van der Waals surface area contributed by atoms with Gasteiger partial charge < -0.3 is 5.11 Å². The minimum atomic E-state index is -3.61. The number of nitrogens with zero attached hydrogens (tertiary/aromatic N) is 2. The molecule has 1 aliphatic rings. The maximum atomic E-state index is 12.3. The summed E-state index contributed by atoms with van der Waals surface area (Å²) < 4.78 is 35.3. The molecule has 1 aromatic rings. The number of sulfonamides is 1. The number of rotatable bonds is 7. The van der Waals surface area contributed by atoms with Crippen LogP contribution in [-0.2, 0) is 21.4 Å². The summed E-state index contributed by atoms with van der Waals surface area (Å²) >= 11 is 0.995. The smallest absolute Gasteiger partial charge is 0.242 e. The predicted molar refractivity (Wildman–Crippen MR) is 78.7 cm³/mol. The Labute approximate surface area is 122 Å². The van der Waals surface area contributed by atoms with E-state index in [1.165, 1.54) is 6.07 Å². The second-order valence-corrected chi connectivity index (χ2v) is 6.79. The normalized spacial score (nSPS) is 14.9. The molecule has 8 heteroatoms. The van der Waals surface area contributed by atoms with Gasteiger partial charge in [-0.15, -0.1) is 0 Å². The van der Waals surface area contributed by atoms with Crippen LogP contribution in [0.15, 0.2) is 31.8 Å². The third-order valence-corrected chi connectivity index (χ3v) is 5.21. The van der Waals surface area contributed by atoms with Gasteiger partial charge in [0.25, 0.3) is 0 Å². The standard InChI is InChI=1S/C12H17N3O3S2/c1-2-9(6-7-16)8-13-20(17,18)11-5-3-4-10-12(11)15-19-14-10/h3-5,9,13,16H,2,6-8H2,1H3. The van der Waals surface area contributed by atoms with Crippen molar-refractivity contribution in [3.8, 4) is 0 Å². The van der Waals surface area contributed by atoms with E-state index in [1.807, 2.05) is 6.92 Å². The van der Waals surface area contributed by atoms with Crippen LogP contribution in [0.2, 0.25) is 0 Å². The van der Waals surface area contributed by atoms with Crippen LogP contribution in [0.1, 0.15) is 19.8 Å². The number of aliphatic hydroxyl groups excluding tert-OH is 1. The molecule has 1 unspecified atom stereocenters. The molecule has 0 saturated carbocycles. The molecule has 0 saturated heterocycles. The van der Waals surface area contributed by atoms with Gasteiger partial charge >= 0.3 is 0 Å². The summed E-state index contributed by atoms with van der Waals surface area (Å²) in [6, 6.07) is 4.92. The first kappa shape index (κ1) is 15.3. The highest BCUT2D eigenvalue weighted by atomic mass is 32.2. The Kier molecular flexibility index (Phi) is 5.03. The van der Waals surface area contributed by atoms with Gasteiger partial charge in [-0.2, -0.15) is 8.73 Å². The zero-order chi connectivity index (χ0) is 14.6. The Balaban J connectivity index is 2.16. The van der Waals surface area contributed by atoms with Gasteiger partial charge in [0, 0.05) is 13.2 Å². The lowest BCUT2D eigenvalue weighted by Gasteiger charge is -2.15. The highest BCUT2D eigenvalue weighted by Crippen LogP contribution is 2.37. The van der Waals surface area contributed by atoms with Crippen molar-refractivity contribution in [2.24, 2.45) is 14.6 Å². The van der Waals surface area contributed by atoms with Crippen LogP contribution in [0.5, 0.6) is 0 Å². The molecule has 1 aliphatic heterocycles. The highest BCUT2D eigenvalue weighted by molar-refractivity contribution is 7.89. The van der Waals surface area contributed by atoms with E-state index in [0.29, 0.717) is 24.3 Å². The SMILES string of the molecule is CCC(CCO)CNS(=O)(=O)c1cccc2c1N=S=N2. The summed E-state index contributed by atoms with van der Waals surface area (Å²) in [5.41, 5.74) is 0.987. The monoisotopic (exact) mass is 315 g/mol. The summed E-state index contributed by atoms with van der Waals surface area (Å²) in [6.45, 7) is 2.35. The Hall–Kier alpha value is -1.09. The maximum Gasteiger partial charge on any atom is 0.242 e. The van der Waals surface area contributed by atoms with Crippen LogP contribution < -0.4 is 4.72 Å². The minimum Gasteiger partial charge on any atom is -0.396 e. The molecule has 0 amide bonds. The fraction of sp³-hybridized carbons (Fsp3) is 0.500. The lowest BCUT2D eigenvalue weighted by atomic mass is 10.0. The molecule has 6 nitrogen and oxygen atoms in total. The van der Waals surface area contributed by atoms with Crippen molar-refractivity contribution in [1.82, 2.24) is 4.72 Å². The Morgan fingerprint density at radius 3 is 2.90 bits per heavy atom. The van der Waals surface area contributed by atoms with E-state index < -0.39 is 10.0 Å². The van der Waals surface area contributed by atoms with Crippen molar-refractivity contribution in [3.63, 3.8) is 0 Å². The van der Waals surface area contributed by atoms with Crippen LogP contribution in [-0.4, -0.2) is 26.7 Å². The summed E-state index contributed by atoms with van der Waals surface area (Å²) in [7, 11) is -3.61. The average molecular weight is 315 g/mol. The van der Waals surface area contributed by atoms with Crippen LogP contribution in [0, 0.1) is 5.92 Å². The molecule has 0 fully saturated rings. The molecule has 0 aromatic heterocycles. The molecule has 2 rings (SSSR count). The van der Waals surface area contributed by atoms with E-state index in [-0.39, 0.29) is 17.4 Å². The number of hydrogen-bond donors (Lipinski definition) is 2. The van der Waals surface area contributed by atoms with Gasteiger partial charge in [-0.3, -0.25) is 0 Å². The zero-order valence-electron chi connectivity index (χ0n) is 11.1. The first-order valence-electron chi connectivity index (χ1n) is 6.40. The lowest BCUT2D eigenvalue weighted by molar-refractivity contribution is 0.254. The van der Waals surface area contributed by atoms with E-state index in [0.717, 1.165) is 17.8 Å². The van der Waals surface area contributed by atoms with Crippen LogP contribution in [0.4, 0.5) is 11.4 Å². The number of hydrogen-bond acceptors (Lipinski definition) is 5. The number of nitrogens with one attached hydrogen (secondary N) is 1. The van der Waals surface area contributed by atoms with Crippen molar-refractivity contribution in [2.75, 3.05) is 13.2 Å². The molecule has 1 atom stereocenters. The second kappa shape index (κ2) is 6.57. The summed E-state index contributed by atoms with van der Waals surface area (Å²) in [5, 5.41) is 8.93. The average Bonchev–Trinajstić information content (AvgIpc) is 2.91. The Bertz CT molecular complexity index is 652. The Morgan fingerprint density at radius 2 is 2.20 bits per heavy atom. The topological polar surface area (TPSA) is 91.1 Å². The van der Waals surface area contributed by atoms with Crippen LogP contribution >= 0.6 is 0 Å². The number of benzene rings is 1. The molecule has 2 N–H and O–H groups in total. The maximum absolute atomic E-state index is 12.3. The first-order valence-corrected chi connectivity index (χ1v) is 8.61. The van der Waals surface area contributed by atoms with Gasteiger partial charge in [0.2, 0.25) is 10.0 Å². The van der Waals surface area contributed by atoms with E-state index >= 15 is 0 Å². The highest BCUT2D eigenvalue weighted by Gasteiger charge is 2.22. The van der Waals surface area contributed by atoms with E-state index in [1.54, 1.807) is 12.1 Å². The fourth-order valence-electron chi connectivity index (χ4n) is 1.94. The first-order chi connectivity index (χ1) is 9.58. The van der Waals surface area contributed by atoms with Crippen LogP contribution in [0.25, 0.3) is 0 Å². The van der Waals surface area contributed by atoms with Crippen LogP contribution in [0.3, 0.4) is 0 Å². The van der Waals surface area contributed by atoms with Crippen molar-refractivity contribution in [1.29, 1.82) is 0 Å². The lowest BCUT2D eigenvalue weighted by Crippen LogP contribution is -2.29. The number of fused-ring (bicyclic) bond motifs is 1. The minimum absolute atomic E-state index is 0.0613. The van der Waals surface area contributed by atoms with Gasteiger partial charge in [0.1, 0.15) is 16.3 Å². The van der Waals surface area contributed by atoms with E-state index in [4.69, 9.17) is 5.11 Å². The number of aliphatic hydroxyl groups is 1. The predicted octanol–water partition coefficient (Wildman–Crippen LogP) is 2.10. The summed E-state index contributed by atoms with van der Waals surface area (Å²) in [5.74, 6) is 0.127. The molecular formula is C12H17N3O3S2. The van der Waals surface area contributed by atoms with Gasteiger partial charge in [-0.1, -0.05) is 19.4 Å². The summed E-state index contributed by atoms with van der Waals surface area (Å²) in [4.78, 5) is 0.155. The molecule has 1 heterocycles. The fourth-order valence-corrected chi connectivity index (χ4v) is 3.82. The molecular weight excluding hydrogens is 298 g/mol.